The van der Waals surface area contributed by atoms with Crippen molar-refractivity contribution in [3.8, 4) is 10.8 Å². The van der Waals surface area contributed by atoms with Crippen LogP contribution in [0.4, 0.5) is 0 Å². The third-order valence-corrected chi connectivity index (χ3v) is 7.74. The van der Waals surface area contributed by atoms with Gasteiger partial charge in [0.25, 0.3) is 0 Å². The summed E-state index contributed by atoms with van der Waals surface area (Å²) in [6.45, 7) is 4.86. The number of nitrogens with zero attached hydrogens (tertiary/aromatic N) is 3. The summed E-state index contributed by atoms with van der Waals surface area (Å²) in [4.78, 5) is 7.15. The van der Waals surface area contributed by atoms with Crippen LogP contribution in [0.25, 0.3) is 10.8 Å². The molecule has 1 saturated heterocycles. The van der Waals surface area contributed by atoms with Gasteiger partial charge in [0.05, 0.1) is 10.6 Å². The van der Waals surface area contributed by atoms with Crippen molar-refractivity contribution in [2.45, 2.75) is 18.4 Å². The number of aromatic nitrogens is 1. The number of thiazole rings is 1. The zero-order chi connectivity index (χ0) is 19.7. The van der Waals surface area contributed by atoms with Crippen LogP contribution < -0.4 is 0 Å². The molecule has 148 valence electrons. The molecule has 1 aliphatic heterocycles. The van der Waals surface area contributed by atoms with Gasteiger partial charge < -0.3 is 4.42 Å². The van der Waals surface area contributed by atoms with E-state index in [1.54, 1.807) is 35.6 Å². The van der Waals surface area contributed by atoms with Crippen LogP contribution >= 0.6 is 22.9 Å². The molecular weight excluding hydrogens is 418 g/mol. The van der Waals surface area contributed by atoms with E-state index in [0.717, 1.165) is 22.2 Å². The van der Waals surface area contributed by atoms with Crippen LogP contribution in [0.3, 0.4) is 0 Å². The molecule has 0 aliphatic carbocycles. The Morgan fingerprint density at radius 1 is 1.11 bits per heavy atom. The third kappa shape index (κ3) is 4.16. The summed E-state index contributed by atoms with van der Waals surface area (Å²) in [6, 6.07) is 10.2. The Labute approximate surface area is 173 Å². The monoisotopic (exact) mass is 437 g/mol. The largest absolute Gasteiger partial charge is 0.459 e. The standard InChI is InChI=1S/C19H20ClN3O3S2/c1-14-2-7-18(26-14)19-21-16(13-27-19)12-22-8-10-23(11-9-22)28(24,25)17-5-3-15(20)4-6-17/h2-7,13H,8-12H2,1H3. The number of furan rings is 1. The van der Waals surface area contributed by atoms with Crippen LogP contribution in [-0.2, 0) is 16.6 Å². The quantitative estimate of drug-likeness (QED) is 0.606. The Balaban J connectivity index is 1.37. The van der Waals surface area contributed by atoms with Crippen molar-refractivity contribution in [2.75, 3.05) is 26.2 Å². The first-order valence-electron chi connectivity index (χ1n) is 8.91. The Morgan fingerprint density at radius 2 is 1.82 bits per heavy atom. The van der Waals surface area contributed by atoms with Gasteiger partial charge in [-0.15, -0.1) is 11.3 Å². The number of hydrogen-bond donors (Lipinski definition) is 0. The number of aryl methyl sites for hydroxylation is 1. The lowest BCUT2D eigenvalue weighted by molar-refractivity contribution is 0.180. The van der Waals surface area contributed by atoms with Gasteiger partial charge >= 0.3 is 0 Å². The lowest BCUT2D eigenvalue weighted by Crippen LogP contribution is -2.48. The van der Waals surface area contributed by atoms with Crippen molar-refractivity contribution in [1.82, 2.24) is 14.2 Å². The molecule has 1 aliphatic rings. The highest BCUT2D eigenvalue weighted by atomic mass is 35.5. The Morgan fingerprint density at radius 3 is 2.46 bits per heavy atom. The molecule has 0 spiro atoms. The molecule has 0 atom stereocenters. The van der Waals surface area contributed by atoms with Gasteiger partial charge in [-0.05, 0) is 43.3 Å². The smallest absolute Gasteiger partial charge is 0.243 e. The Bertz CT molecular complexity index is 1050. The summed E-state index contributed by atoms with van der Waals surface area (Å²) in [5, 5.41) is 3.42. The maximum absolute atomic E-state index is 12.8. The normalized spacial score (nSPS) is 16.5. The molecule has 3 heterocycles. The van der Waals surface area contributed by atoms with Gasteiger partial charge in [-0.3, -0.25) is 4.90 Å². The van der Waals surface area contributed by atoms with Crippen molar-refractivity contribution in [3.63, 3.8) is 0 Å². The van der Waals surface area contributed by atoms with E-state index in [9.17, 15) is 8.42 Å². The van der Waals surface area contributed by atoms with E-state index in [1.807, 2.05) is 24.4 Å². The molecule has 0 bridgehead atoms. The van der Waals surface area contributed by atoms with Gasteiger partial charge in [0.1, 0.15) is 5.76 Å². The van der Waals surface area contributed by atoms with Crippen molar-refractivity contribution in [2.24, 2.45) is 0 Å². The van der Waals surface area contributed by atoms with Crippen LogP contribution in [-0.4, -0.2) is 48.8 Å². The van der Waals surface area contributed by atoms with Crippen molar-refractivity contribution >= 4 is 33.0 Å². The molecule has 9 heteroatoms. The molecule has 0 N–H and O–H groups in total. The molecule has 3 aromatic rings. The minimum atomic E-state index is -3.48. The first-order chi connectivity index (χ1) is 13.4. The van der Waals surface area contributed by atoms with Crippen molar-refractivity contribution < 1.29 is 12.8 Å². The second-order valence-electron chi connectivity index (χ2n) is 6.69. The molecule has 4 rings (SSSR count). The predicted octanol–water partition coefficient (Wildman–Crippen LogP) is 3.87. The van der Waals surface area contributed by atoms with Crippen LogP contribution in [0.15, 0.2) is 51.1 Å². The van der Waals surface area contributed by atoms with Crippen LogP contribution in [0.2, 0.25) is 5.02 Å². The fourth-order valence-corrected chi connectivity index (χ4v) is 5.47. The maximum Gasteiger partial charge on any atom is 0.243 e. The SMILES string of the molecule is Cc1ccc(-c2nc(CN3CCN(S(=O)(=O)c4ccc(Cl)cc4)CC3)cs2)o1. The summed E-state index contributed by atoms with van der Waals surface area (Å²) >= 11 is 7.42. The first kappa shape index (κ1) is 19.6. The lowest BCUT2D eigenvalue weighted by Gasteiger charge is -2.33. The van der Waals surface area contributed by atoms with E-state index in [4.69, 9.17) is 16.0 Å². The molecule has 6 nitrogen and oxygen atoms in total. The maximum atomic E-state index is 12.8. The fourth-order valence-electron chi connectivity index (χ4n) is 3.15. The molecule has 2 aromatic heterocycles. The van der Waals surface area contributed by atoms with Crippen LogP contribution in [0.5, 0.6) is 0 Å². The number of halogens is 1. The van der Waals surface area contributed by atoms with E-state index in [2.05, 4.69) is 9.88 Å². The number of sulfonamides is 1. The van der Waals surface area contributed by atoms with Crippen LogP contribution in [0, 0.1) is 6.92 Å². The van der Waals surface area contributed by atoms with Gasteiger partial charge in [-0.1, -0.05) is 11.6 Å². The van der Waals surface area contributed by atoms with Gasteiger partial charge in [-0.25, -0.2) is 13.4 Å². The topological polar surface area (TPSA) is 66.7 Å². The predicted molar refractivity (Wildman–Crippen MR) is 110 cm³/mol. The number of hydrogen-bond acceptors (Lipinski definition) is 6. The minimum Gasteiger partial charge on any atom is -0.459 e. The fraction of sp³-hybridized carbons (Fsp3) is 0.316. The summed E-state index contributed by atoms with van der Waals surface area (Å²) < 4.78 is 32.7. The highest BCUT2D eigenvalue weighted by Crippen LogP contribution is 2.26. The number of piperazine rings is 1. The summed E-state index contributed by atoms with van der Waals surface area (Å²) in [6.07, 6.45) is 0. The molecule has 0 unspecified atom stereocenters. The molecule has 1 fully saturated rings. The van der Waals surface area contributed by atoms with E-state index in [-0.39, 0.29) is 4.90 Å². The summed E-state index contributed by atoms with van der Waals surface area (Å²) in [5.74, 6) is 1.65. The Kier molecular flexibility index (Phi) is 5.57. The van der Waals surface area contributed by atoms with Gasteiger partial charge in [0.2, 0.25) is 10.0 Å². The second-order valence-corrected chi connectivity index (χ2v) is 9.92. The van der Waals surface area contributed by atoms with Gasteiger partial charge in [-0.2, -0.15) is 4.31 Å². The van der Waals surface area contributed by atoms with Crippen molar-refractivity contribution in [1.29, 1.82) is 0 Å². The average Bonchev–Trinajstić information content (AvgIpc) is 3.31. The molecular formula is C19H20ClN3O3S2. The average molecular weight is 438 g/mol. The molecule has 1 aromatic carbocycles. The minimum absolute atomic E-state index is 0.281. The summed E-state index contributed by atoms with van der Waals surface area (Å²) in [5.41, 5.74) is 0.975. The number of rotatable bonds is 5. The van der Waals surface area contributed by atoms with E-state index in [0.29, 0.717) is 37.7 Å². The molecule has 0 saturated carbocycles. The van der Waals surface area contributed by atoms with E-state index in [1.165, 1.54) is 4.31 Å². The zero-order valence-corrected chi connectivity index (χ0v) is 17.7. The molecule has 0 radical (unpaired) electrons. The van der Waals surface area contributed by atoms with Crippen LogP contribution in [0.1, 0.15) is 11.5 Å². The summed E-state index contributed by atoms with van der Waals surface area (Å²) in [7, 11) is -3.48. The molecule has 0 amide bonds. The zero-order valence-electron chi connectivity index (χ0n) is 15.3. The van der Waals surface area contributed by atoms with Crippen molar-refractivity contribution in [3.05, 3.63) is 58.3 Å². The molecule has 28 heavy (non-hydrogen) atoms. The van der Waals surface area contributed by atoms with E-state index < -0.39 is 10.0 Å². The first-order valence-corrected chi connectivity index (χ1v) is 11.6. The highest BCUT2D eigenvalue weighted by Gasteiger charge is 2.28. The Hall–Kier alpha value is -1.71. The van der Waals surface area contributed by atoms with Gasteiger partial charge in [0.15, 0.2) is 10.8 Å². The highest BCUT2D eigenvalue weighted by molar-refractivity contribution is 7.89. The third-order valence-electron chi connectivity index (χ3n) is 4.67. The second kappa shape index (κ2) is 7.96. The van der Waals surface area contributed by atoms with Gasteiger partial charge in [0, 0.05) is 43.1 Å². The lowest BCUT2D eigenvalue weighted by atomic mass is 10.3. The van der Waals surface area contributed by atoms with E-state index >= 15 is 0 Å². The number of benzene rings is 1.